The van der Waals surface area contributed by atoms with Crippen molar-refractivity contribution < 1.29 is 9.84 Å². The molecule has 2 aromatic heterocycles. The van der Waals surface area contributed by atoms with Crippen LogP contribution in [0.4, 0.5) is 17.2 Å². The molecule has 0 amide bonds. The molecule has 0 saturated carbocycles. The molecule has 7 heteroatoms. The van der Waals surface area contributed by atoms with Gasteiger partial charge in [-0.15, -0.1) is 0 Å². The Morgan fingerprint density at radius 1 is 1.20 bits per heavy atom. The van der Waals surface area contributed by atoms with Crippen LogP contribution in [-0.2, 0) is 0 Å². The molecule has 0 aliphatic heterocycles. The third-order valence-corrected chi connectivity index (χ3v) is 3.70. The lowest BCUT2D eigenvalue weighted by atomic mass is 10.1. The lowest BCUT2D eigenvalue weighted by Gasteiger charge is -2.12. The molecule has 1 aromatic carbocycles. The second-order valence-corrected chi connectivity index (χ2v) is 5.73. The van der Waals surface area contributed by atoms with Gasteiger partial charge in [-0.25, -0.2) is 4.98 Å². The molecule has 7 nitrogen and oxygen atoms in total. The normalized spacial score (nSPS) is 11.8. The van der Waals surface area contributed by atoms with Crippen molar-refractivity contribution in [1.29, 1.82) is 0 Å². The summed E-state index contributed by atoms with van der Waals surface area (Å²) in [4.78, 5) is 4.20. The topological polar surface area (TPSA) is 95.1 Å². The molecule has 0 fully saturated rings. The van der Waals surface area contributed by atoms with Gasteiger partial charge in [0.25, 0.3) is 0 Å². The second-order valence-electron chi connectivity index (χ2n) is 5.73. The lowest BCUT2D eigenvalue weighted by molar-refractivity contribution is 0.224. The van der Waals surface area contributed by atoms with E-state index in [-0.39, 0.29) is 0 Å². The summed E-state index contributed by atoms with van der Waals surface area (Å²) >= 11 is 0. The van der Waals surface area contributed by atoms with E-state index < -0.39 is 6.23 Å². The molecule has 1 unspecified atom stereocenters. The van der Waals surface area contributed by atoms with E-state index in [1.54, 1.807) is 26.3 Å². The number of rotatable bonds is 6. The minimum Gasteiger partial charge on any atom is -0.481 e. The maximum absolute atomic E-state index is 9.39. The highest BCUT2D eigenvalue weighted by atomic mass is 16.5. The zero-order chi connectivity index (χ0) is 17.8. The third kappa shape index (κ3) is 4.07. The van der Waals surface area contributed by atoms with Crippen LogP contribution < -0.4 is 15.4 Å². The number of aliphatic hydroxyl groups excluding tert-OH is 1. The maximum atomic E-state index is 9.39. The number of aromatic nitrogens is 3. The maximum Gasteiger partial charge on any atom is 0.212 e. The lowest BCUT2D eigenvalue weighted by Crippen LogP contribution is -2.13. The summed E-state index contributed by atoms with van der Waals surface area (Å²) in [5, 5.41) is 22.9. The smallest absolute Gasteiger partial charge is 0.212 e. The van der Waals surface area contributed by atoms with Crippen molar-refractivity contribution in [3.05, 3.63) is 48.2 Å². The fourth-order valence-electron chi connectivity index (χ4n) is 2.47. The fraction of sp³-hybridized carbons (Fsp3) is 0.222. The van der Waals surface area contributed by atoms with E-state index in [0.717, 1.165) is 28.2 Å². The molecule has 0 aliphatic rings. The van der Waals surface area contributed by atoms with Gasteiger partial charge in [0.1, 0.15) is 6.23 Å². The Labute approximate surface area is 146 Å². The SMILES string of the molecule is COc1ccc(-c2cc(Nc3ccc(NC(C)O)cc3C)n[nH]2)cn1. The molecule has 0 aliphatic carbocycles. The molecular formula is C18H21N5O2. The molecule has 0 bridgehead atoms. The Morgan fingerprint density at radius 3 is 2.68 bits per heavy atom. The van der Waals surface area contributed by atoms with E-state index in [1.807, 2.05) is 37.3 Å². The van der Waals surface area contributed by atoms with Gasteiger partial charge in [0.2, 0.25) is 5.88 Å². The van der Waals surface area contributed by atoms with E-state index in [0.29, 0.717) is 11.7 Å². The molecule has 0 spiro atoms. The van der Waals surface area contributed by atoms with Crippen LogP contribution in [0.25, 0.3) is 11.3 Å². The van der Waals surface area contributed by atoms with Crippen LogP contribution in [0.3, 0.4) is 0 Å². The van der Waals surface area contributed by atoms with Gasteiger partial charge in [0.05, 0.1) is 12.8 Å². The van der Waals surface area contributed by atoms with Crippen LogP contribution in [0.2, 0.25) is 0 Å². The number of nitrogens with one attached hydrogen (secondary N) is 3. The highest BCUT2D eigenvalue weighted by Gasteiger charge is 2.07. The summed E-state index contributed by atoms with van der Waals surface area (Å²) in [6.07, 6.45) is 1.14. The van der Waals surface area contributed by atoms with Crippen LogP contribution in [0, 0.1) is 6.92 Å². The summed E-state index contributed by atoms with van der Waals surface area (Å²) in [6, 6.07) is 11.5. The van der Waals surface area contributed by atoms with E-state index in [2.05, 4.69) is 25.8 Å². The molecule has 0 radical (unpaired) electrons. The number of H-pyrrole nitrogens is 1. The van der Waals surface area contributed by atoms with E-state index in [4.69, 9.17) is 4.74 Å². The molecule has 3 rings (SSSR count). The Bertz CT molecular complexity index is 843. The number of nitrogens with zero attached hydrogens (tertiary/aromatic N) is 2. The number of benzene rings is 1. The second kappa shape index (κ2) is 7.23. The highest BCUT2D eigenvalue weighted by molar-refractivity contribution is 5.68. The van der Waals surface area contributed by atoms with E-state index >= 15 is 0 Å². The summed E-state index contributed by atoms with van der Waals surface area (Å²) in [7, 11) is 1.59. The van der Waals surface area contributed by atoms with Gasteiger partial charge >= 0.3 is 0 Å². The summed E-state index contributed by atoms with van der Waals surface area (Å²) in [5.41, 5.74) is 4.64. The van der Waals surface area contributed by atoms with Gasteiger partial charge in [-0.05, 0) is 43.7 Å². The van der Waals surface area contributed by atoms with Crippen molar-refractivity contribution >= 4 is 17.2 Å². The molecule has 3 aromatic rings. The quantitative estimate of drug-likeness (QED) is 0.515. The Morgan fingerprint density at radius 2 is 2.04 bits per heavy atom. The van der Waals surface area contributed by atoms with Crippen LogP contribution >= 0.6 is 0 Å². The molecule has 4 N–H and O–H groups in total. The molecule has 25 heavy (non-hydrogen) atoms. The van der Waals surface area contributed by atoms with Gasteiger partial charge in [-0.3, -0.25) is 5.10 Å². The van der Waals surface area contributed by atoms with Gasteiger partial charge in [0.15, 0.2) is 5.82 Å². The first-order valence-electron chi connectivity index (χ1n) is 7.93. The number of hydrogen-bond donors (Lipinski definition) is 4. The van der Waals surface area contributed by atoms with Crippen molar-refractivity contribution in [2.75, 3.05) is 17.7 Å². The van der Waals surface area contributed by atoms with Crippen molar-refractivity contribution in [2.45, 2.75) is 20.1 Å². The molecular weight excluding hydrogens is 318 g/mol. The third-order valence-electron chi connectivity index (χ3n) is 3.70. The van der Waals surface area contributed by atoms with Crippen molar-refractivity contribution in [3.63, 3.8) is 0 Å². The first-order chi connectivity index (χ1) is 12.0. The number of anilines is 3. The Hall–Kier alpha value is -3.06. The number of aryl methyl sites for hydroxylation is 1. The Balaban J connectivity index is 1.74. The number of ether oxygens (including phenoxy) is 1. The van der Waals surface area contributed by atoms with Crippen molar-refractivity contribution in [2.24, 2.45) is 0 Å². The summed E-state index contributed by atoms with van der Waals surface area (Å²) in [6.45, 7) is 3.68. The predicted molar refractivity (Wildman–Crippen MR) is 98.1 cm³/mol. The fourth-order valence-corrected chi connectivity index (χ4v) is 2.47. The number of aliphatic hydroxyl groups is 1. The van der Waals surface area contributed by atoms with Crippen LogP contribution in [0.5, 0.6) is 5.88 Å². The summed E-state index contributed by atoms with van der Waals surface area (Å²) in [5.74, 6) is 1.29. The van der Waals surface area contributed by atoms with Gasteiger partial charge in [-0.1, -0.05) is 0 Å². The summed E-state index contributed by atoms with van der Waals surface area (Å²) < 4.78 is 5.07. The van der Waals surface area contributed by atoms with Gasteiger partial charge in [-0.2, -0.15) is 5.10 Å². The standard InChI is InChI=1S/C18H21N5O2/c1-11-8-14(20-12(2)24)5-6-15(11)21-17-9-16(22-23-17)13-4-7-18(25-3)19-10-13/h4-10,12,20,24H,1-3H3,(H2,21,22,23). The van der Waals surface area contributed by atoms with Crippen molar-refractivity contribution in [3.8, 4) is 17.1 Å². The predicted octanol–water partition coefficient (Wildman–Crippen LogP) is 3.28. The average molecular weight is 339 g/mol. The Kier molecular flexibility index (Phi) is 4.85. The van der Waals surface area contributed by atoms with Crippen LogP contribution in [0.15, 0.2) is 42.6 Å². The molecule has 0 saturated heterocycles. The van der Waals surface area contributed by atoms with E-state index in [1.165, 1.54) is 0 Å². The number of pyridine rings is 1. The highest BCUT2D eigenvalue weighted by Crippen LogP contribution is 2.26. The van der Waals surface area contributed by atoms with Gasteiger partial charge in [0, 0.05) is 35.3 Å². The minimum absolute atomic E-state index is 0.572. The zero-order valence-corrected chi connectivity index (χ0v) is 14.4. The molecule has 130 valence electrons. The number of hydrogen-bond acceptors (Lipinski definition) is 6. The molecule has 2 heterocycles. The monoisotopic (exact) mass is 339 g/mol. The molecule has 1 atom stereocenters. The zero-order valence-electron chi connectivity index (χ0n) is 14.4. The number of methoxy groups -OCH3 is 1. The van der Waals surface area contributed by atoms with Crippen molar-refractivity contribution in [1.82, 2.24) is 15.2 Å². The van der Waals surface area contributed by atoms with Crippen LogP contribution in [-0.4, -0.2) is 33.6 Å². The largest absolute Gasteiger partial charge is 0.481 e. The number of aromatic amines is 1. The first kappa shape index (κ1) is 16.8. The average Bonchev–Trinajstić information content (AvgIpc) is 3.05. The van der Waals surface area contributed by atoms with Gasteiger partial charge < -0.3 is 20.5 Å². The van der Waals surface area contributed by atoms with E-state index in [9.17, 15) is 5.11 Å². The minimum atomic E-state index is -0.592. The first-order valence-corrected chi connectivity index (χ1v) is 7.93. The van der Waals surface area contributed by atoms with Crippen LogP contribution in [0.1, 0.15) is 12.5 Å².